The first-order chi connectivity index (χ1) is 16.2. The summed E-state index contributed by atoms with van der Waals surface area (Å²) in [6, 6.07) is 10.0. The fourth-order valence-electron chi connectivity index (χ4n) is 3.76. The van der Waals surface area contributed by atoms with Gasteiger partial charge in [-0.3, -0.25) is 4.90 Å². The van der Waals surface area contributed by atoms with Crippen molar-refractivity contribution in [1.29, 1.82) is 0 Å². The van der Waals surface area contributed by atoms with Gasteiger partial charge in [-0.15, -0.1) is 0 Å². The van der Waals surface area contributed by atoms with Gasteiger partial charge in [-0.2, -0.15) is 0 Å². The number of fused-ring (bicyclic) bond motifs is 1. The number of morpholine rings is 1. The summed E-state index contributed by atoms with van der Waals surface area (Å²) in [7, 11) is 3.21. The van der Waals surface area contributed by atoms with Gasteiger partial charge in [0.05, 0.1) is 33.0 Å². The van der Waals surface area contributed by atoms with Gasteiger partial charge in [0.2, 0.25) is 0 Å². The molecule has 1 saturated heterocycles. The summed E-state index contributed by atoms with van der Waals surface area (Å²) in [6.07, 6.45) is 4.67. The van der Waals surface area contributed by atoms with Gasteiger partial charge in [0.15, 0.2) is 17.3 Å². The minimum Gasteiger partial charge on any atom is -0.493 e. The average Bonchev–Trinajstić information content (AvgIpc) is 2.86. The molecule has 0 saturated carbocycles. The van der Waals surface area contributed by atoms with E-state index in [1.165, 1.54) is 12.1 Å². The maximum atomic E-state index is 13.2. The van der Waals surface area contributed by atoms with Crippen molar-refractivity contribution in [2.75, 3.05) is 58.9 Å². The number of hydrogen-bond donors (Lipinski definition) is 1. The molecule has 0 radical (unpaired) electrons. The number of anilines is 1. The molecule has 3 aromatic rings. The highest BCUT2D eigenvalue weighted by Crippen LogP contribution is 2.34. The van der Waals surface area contributed by atoms with Gasteiger partial charge >= 0.3 is 0 Å². The zero-order valence-electron chi connectivity index (χ0n) is 19.0. The van der Waals surface area contributed by atoms with Crippen molar-refractivity contribution in [3.8, 4) is 11.5 Å². The molecule has 0 unspecified atom stereocenters. The number of aromatic nitrogens is 2. The standard InChI is InChI=1S/C25H29FN4O3/c1-31-22-16-20-21(17-23(22)32-2)28-24(9-6-18-4-7-19(26)8-5-18)29-25(20)27-10-3-11-30-12-14-33-15-13-30/h4-9,16-17H,3,10-15H2,1-2H3,(H,27,28,29)/b9-6+. The second-order valence-electron chi connectivity index (χ2n) is 7.77. The van der Waals surface area contributed by atoms with E-state index in [4.69, 9.17) is 19.2 Å². The molecule has 4 rings (SSSR count). The molecule has 33 heavy (non-hydrogen) atoms. The fraction of sp³-hybridized carbons (Fsp3) is 0.360. The van der Waals surface area contributed by atoms with Gasteiger partial charge in [0.25, 0.3) is 0 Å². The first kappa shape index (κ1) is 22.9. The van der Waals surface area contributed by atoms with Crippen molar-refractivity contribution < 1.29 is 18.6 Å². The molecule has 1 aliphatic rings. The molecule has 1 N–H and O–H groups in total. The molecule has 0 amide bonds. The molecule has 0 spiro atoms. The number of hydrogen-bond acceptors (Lipinski definition) is 7. The zero-order valence-corrected chi connectivity index (χ0v) is 19.0. The van der Waals surface area contributed by atoms with Crippen LogP contribution in [-0.4, -0.2) is 68.5 Å². The average molecular weight is 453 g/mol. The second-order valence-corrected chi connectivity index (χ2v) is 7.77. The topological polar surface area (TPSA) is 68.7 Å². The molecular formula is C25H29FN4O3. The van der Waals surface area contributed by atoms with Crippen LogP contribution in [-0.2, 0) is 4.74 Å². The summed E-state index contributed by atoms with van der Waals surface area (Å²) in [5.74, 6) is 2.25. The summed E-state index contributed by atoms with van der Waals surface area (Å²) in [5.41, 5.74) is 1.62. The van der Waals surface area contributed by atoms with Crippen LogP contribution in [0.25, 0.3) is 23.1 Å². The summed E-state index contributed by atoms with van der Waals surface area (Å²) < 4.78 is 29.5. The molecule has 0 aliphatic carbocycles. The number of methoxy groups -OCH3 is 2. The number of rotatable bonds is 9. The third kappa shape index (κ3) is 5.97. The Bertz CT molecular complexity index is 1100. The predicted molar refractivity (Wildman–Crippen MR) is 128 cm³/mol. The summed E-state index contributed by atoms with van der Waals surface area (Å²) in [4.78, 5) is 11.8. The quantitative estimate of drug-likeness (QED) is 0.491. The van der Waals surface area contributed by atoms with Gasteiger partial charge in [-0.05, 0) is 42.8 Å². The maximum absolute atomic E-state index is 13.2. The Hall–Kier alpha value is -3.23. The first-order valence-electron chi connectivity index (χ1n) is 11.1. The minimum absolute atomic E-state index is 0.265. The third-order valence-corrected chi connectivity index (χ3v) is 5.56. The highest BCUT2D eigenvalue weighted by atomic mass is 19.1. The second kappa shape index (κ2) is 11.1. The van der Waals surface area contributed by atoms with Gasteiger partial charge in [-0.1, -0.05) is 18.2 Å². The van der Waals surface area contributed by atoms with E-state index in [0.29, 0.717) is 17.3 Å². The van der Waals surface area contributed by atoms with Crippen LogP contribution >= 0.6 is 0 Å². The van der Waals surface area contributed by atoms with Gasteiger partial charge in [-0.25, -0.2) is 14.4 Å². The van der Waals surface area contributed by atoms with Gasteiger partial charge in [0.1, 0.15) is 11.6 Å². The Morgan fingerprint density at radius 3 is 2.48 bits per heavy atom. The monoisotopic (exact) mass is 452 g/mol. The molecule has 174 valence electrons. The largest absolute Gasteiger partial charge is 0.493 e. The lowest BCUT2D eigenvalue weighted by atomic mass is 10.2. The van der Waals surface area contributed by atoms with Crippen molar-refractivity contribution in [2.45, 2.75) is 6.42 Å². The predicted octanol–water partition coefficient (Wildman–Crippen LogP) is 4.09. The normalized spacial score (nSPS) is 14.6. The first-order valence-corrected chi connectivity index (χ1v) is 11.1. The zero-order chi connectivity index (χ0) is 23.0. The molecular weight excluding hydrogens is 423 g/mol. The molecule has 7 nitrogen and oxygen atoms in total. The summed E-state index contributed by atoms with van der Waals surface area (Å²) in [6.45, 7) is 5.34. The number of ether oxygens (including phenoxy) is 3. The molecule has 0 bridgehead atoms. The van der Waals surface area contributed by atoms with Crippen molar-refractivity contribution >= 4 is 28.9 Å². The Labute approximate surface area is 193 Å². The number of nitrogens with one attached hydrogen (secondary N) is 1. The highest BCUT2D eigenvalue weighted by molar-refractivity contribution is 5.92. The van der Waals surface area contributed by atoms with Crippen molar-refractivity contribution in [1.82, 2.24) is 14.9 Å². The van der Waals surface area contributed by atoms with Crippen LogP contribution in [0.3, 0.4) is 0 Å². The molecule has 1 fully saturated rings. The van der Waals surface area contributed by atoms with Crippen molar-refractivity contribution in [3.63, 3.8) is 0 Å². The smallest absolute Gasteiger partial charge is 0.162 e. The van der Waals surface area contributed by atoms with E-state index in [9.17, 15) is 4.39 Å². The lowest BCUT2D eigenvalue weighted by Gasteiger charge is -2.26. The number of halogens is 1. The van der Waals surface area contributed by atoms with E-state index in [1.807, 2.05) is 24.3 Å². The lowest BCUT2D eigenvalue weighted by molar-refractivity contribution is 0.0378. The Morgan fingerprint density at radius 2 is 1.76 bits per heavy atom. The van der Waals surface area contributed by atoms with E-state index in [-0.39, 0.29) is 5.82 Å². The number of benzene rings is 2. The Balaban J connectivity index is 1.57. The van der Waals surface area contributed by atoms with Gasteiger partial charge < -0.3 is 19.5 Å². The molecule has 2 aromatic carbocycles. The minimum atomic E-state index is -0.265. The van der Waals surface area contributed by atoms with Crippen LogP contribution in [0, 0.1) is 5.82 Å². The SMILES string of the molecule is COc1cc2nc(/C=C/c3ccc(F)cc3)nc(NCCCN3CCOCC3)c2cc1OC. The highest BCUT2D eigenvalue weighted by Gasteiger charge is 2.13. The van der Waals surface area contributed by atoms with Crippen LogP contribution in [0.5, 0.6) is 11.5 Å². The lowest BCUT2D eigenvalue weighted by Crippen LogP contribution is -2.37. The fourth-order valence-corrected chi connectivity index (χ4v) is 3.76. The van der Waals surface area contributed by atoms with Crippen LogP contribution < -0.4 is 14.8 Å². The molecule has 2 heterocycles. The van der Waals surface area contributed by atoms with E-state index in [0.717, 1.165) is 68.1 Å². The van der Waals surface area contributed by atoms with E-state index in [1.54, 1.807) is 26.4 Å². The molecule has 0 atom stereocenters. The van der Waals surface area contributed by atoms with Crippen molar-refractivity contribution in [2.24, 2.45) is 0 Å². The van der Waals surface area contributed by atoms with E-state index >= 15 is 0 Å². The maximum Gasteiger partial charge on any atom is 0.162 e. The Morgan fingerprint density at radius 1 is 1.03 bits per heavy atom. The summed E-state index contributed by atoms with van der Waals surface area (Å²) in [5, 5.41) is 4.33. The summed E-state index contributed by atoms with van der Waals surface area (Å²) >= 11 is 0. The molecule has 1 aromatic heterocycles. The third-order valence-electron chi connectivity index (χ3n) is 5.56. The molecule has 1 aliphatic heterocycles. The van der Waals surface area contributed by atoms with E-state index in [2.05, 4.69) is 15.2 Å². The molecule has 8 heteroatoms. The Kier molecular flexibility index (Phi) is 7.70. The van der Waals surface area contributed by atoms with Crippen LogP contribution in [0.1, 0.15) is 17.8 Å². The van der Waals surface area contributed by atoms with Crippen LogP contribution in [0.15, 0.2) is 36.4 Å². The van der Waals surface area contributed by atoms with Gasteiger partial charge in [0, 0.05) is 31.1 Å². The van der Waals surface area contributed by atoms with Crippen LogP contribution in [0.2, 0.25) is 0 Å². The van der Waals surface area contributed by atoms with Crippen molar-refractivity contribution in [3.05, 3.63) is 53.6 Å². The van der Waals surface area contributed by atoms with E-state index < -0.39 is 0 Å². The van der Waals surface area contributed by atoms with Crippen LogP contribution in [0.4, 0.5) is 10.2 Å². The number of nitrogens with zero attached hydrogens (tertiary/aromatic N) is 3.